The van der Waals surface area contributed by atoms with Crippen molar-refractivity contribution in [2.24, 2.45) is 5.92 Å². The largest absolute Gasteiger partial charge is 0.494 e. The van der Waals surface area contributed by atoms with E-state index in [9.17, 15) is 9.59 Å². The summed E-state index contributed by atoms with van der Waals surface area (Å²) in [5, 5.41) is 0. The molecular formula is C21H30BNO5. The number of nitrogens with zero attached hydrogens (tertiary/aromatic N) is 1. The first-order valence-corrected chi connectivity index (χ1v) is 10.1. The first-order valence-electron chi connectivity index (χ1n) is 10.1. The van der Waals surface area contributed by atoms with E-state index in [2.05, 4.69) is 0 Å². The first-order chi connectivity index (χ1) is 13.1. The molecule has 2 aliphatic heterocycles. The van der Waals surface area contributed by atoms with Gasteiger partial charge in [-0.1, -0.05) is 12.1 Å². The third kappa shape index (κ3) is 4.10. The Kier molecular flexibility index (Phi) is 5.87. The minimum Gasteiger partial charge on any atom is -0.466 e. The van der Waals surface area contributed by atoms with Gasteiger partial charge >= 0.3 is 13.1 Å². The quantitative estimate of drug-likeness (QED) is 0.587. The average molecular weight is 387 g/mol. The first kappa shape index (κ1) is 20.9. The van der Waals surface area contributed by atoms with Crippen molar-refractivity contribution >= 4 is 24.5 Å². The number of carbonyl (C=O) groups excluding carboxylic acids is 2. The van der Waals surface area contributed by atoms with Crippen molar-refractivity contribution in [2.45, 2.75) is 58.7 Å². The summed E-state index contributed by atoms with van der Waals surface area (Å²) in [6.45, 7) is 11.3. The molecule has 6 nitrogen and oxygen atoms in total. The Hall–Kier alpha value is -1.86. The lowest BCUT2D eigenvalue weighted by atomic mass is 9.79. The Morgan fingerprint density at radius 2 is 1.75 bits per heavy atom. The van der Waals surface area contributed by atoms with Crippen LogP contribution in [-0.2, 0) is 18.8 Å². The van der Waals surface area contributed by atoms with E-state index in [-0.39, 0.29) is 17.8 Å². The van der Waals surface area contributed by atoms with Gasteiger partial charge in [0.25, 0.3) is 5.91 Å². The maximum absolute atomic E-state index is 12.9. The van der Waals surface area contributed by atoms with Crippen LogP contribution in [0.3, 0.4) is 0 Å². The summed E-state index contributed by atoms with van der Waals surface area (Å²) in [4.78, 5) is 26.6. The van der Waals surface area contributed by atoms with Crippen LogP contribution >= 0.6 is 0 Å². The average Bonchev–Trinajstić information content (AvgIpc) is 2.89. The highest BCUT2D eigenvalue weighted by molar-refractivity contribution is 6.62. The standard InChI is InChI=1S/C21H30BNO5/c1-6-26-19(25)16-8-7-13-23(14-16)18(24)15-9-11-17(12-10-15)22-27-20(2,3)21(4,5)28-22/h9-12,16H,6-8,13-14H2,1-5H3/t16-/m1/s1. The zero-order valence-electron chi connectivity index (χ0n) is 17.5. The third-order valence-corrected chi connectivity index (χ3v) is 6.01. The van der Waals surface area contributed by atoms with Crippen molar-refractivity contribution in [2.75, 3.05) is 19.7 Å². The van der Waals surface area contributed by atoms with E-state index in [4.69, 9.17) is 14.0 Å². The lowest BCUT2D eigenvalue weighted by molar-refractivity contribution is -0.149. The van der Waals surface area contributed by atoms with Crippen LogP contribution in [0.1, 0.15) is 57.8 Å². The number of amides is 1. The molecular weight excluding hydrogens is 357 g/mol. The Morgan fingerprint density at radius 1 is 1.14 bits per heavy atom. The summed E-state index contributed by atoms with van der Waals surface area (Å²) in [6.07, 6.45) is 1.57. The summed E-state index contributed by atoms with van der Waals surface area (Å²) >= 11 is 0. The molecule has 0 spiro atoms. The number of benzene rings is 1. The van der Waals surface area contributed by atoms with Gasteiger partial charge < -0.3 is 18.9 Å². The van der Waals surface area contributed by atoms with Gasteiger partial charge in [0.05, 0.1) is 23.7 Å². The zero-order chi connectivity index (χ0) is 20.5. The maximum Gasteiger partial charge on any atom is 0.494 e. The van der Waals surface area contributed by atoms with Crippen molar-refractivity contribution < 1.29 is 23.6 Å². The van der Waals surface area contributed by atoms with Crippen molar-refractivity contribution in [1.82, 2.24) is 4.90 Å². The molecule has 2 saturated heterocycles. The monoisotopic (exact) mass is 387 g/mol. The van der Waals surface area contributed by atoms with Gasteiger partial charge in [0.1, 0.15) is 0 Å². The van der Waals surface area contributed by atoms with Gasteiger partial charge in [-0.25, -0.2) is 0 Å². The Morgan fingerprint density at radius 3 is 2.32 bits per heavy atom. The molecule has 1 aromatic rings. The van der Waals surface area contributed by atoms with Crippen LogP contribution in [-0.4, -0.2) is 54.8 Å². The highest BCUT2D eigenvalue weighted by atomic mass is 16.7. The topological polar surface area (TPSA) is 65.1 Å². The van der Waals surface area contributed by atoms with Crippen LogP contribution in [0.2, 0.25) is 0 Å². The van der Waals surface area contributed by atoms with E-state index in [1.54, 1.807) is 24.0 Å². The predicted molar refractivity (Wildman–Crippen MR) is 107 cm³/mol. The summed E-state index contributed by atoms with van der Waals surface area (Å²) in [6, 6.07) is 7.36. The molecule has 152 valence electrons. The van der Waals surface area contributed by atoms with E-state index in [0.29, 0.717) is 25.3 Å². The summed E-state index contributed by atoms with van der Waals surface area (Å²) in [5.74, 6) is -0.507. The van der Waals surface area contributed by atoms with Gasteiger partial charge in [0, 0.05) is 18.7 Å². The summed E-state index contributed by atoms with van der Waals surface area (Å²) < 4.78 is 17.2. The molecule has 0 unspecified atom stereocenters. The molecule has 0 saturated carbocycles. The molecule has 0 bridgehead atoms. The number of carbonyl (C=O) groups is 2. The number of hydrogen-bond acceptors (Lipinski definition) is 5. The molecule has 28 heavy (non-hydrogen) atoms. The molecule has 0 radical (unpaired) electrons. The number of likely N-dealkylation sites (tertiary alicyclic amines) is 1. The van der Waals surface area contributed by atoms with Gasteiger partial charge in [-0.05, 0) is 65.1 Å². The minimum atomic E-state index is -0.447. The van der Waals surface area contributed by atoms with E-state index < -0.39 is 18.3 Å². The second-order valence-electron chi connectivity index (χ2n) is 8.55. The van der Waals surface area contributed by atoms with Crippen LogP contribution in [0.25, 0.3) is 0 Å². The van der Waals surface area contributed by atoms with Gasteiger partial charge in [-0.3, -0.25) is 9.59 Å². The molecule has 0 aromatic heterocycles. The second kappa shape index (κ2) is 7.87. The van der Waals surface area contributed by atoms with Crippen molar-refractivity contribution in [3.63, 3.8) is 0 Å². The number of ether oxygens (including phenoxy) is 1. The highest BCUT2D eigenvalue weighted by Crippen LogP contribution is 2.36. The Balaban J connectivity index is 1.66. The Labute approximate surface area is 167 Å². The van der Waals surface area contributed by atoms with Gasteiger partial charge in [-0.15, -0.1) is 0 Å². The number of hydrogen-bond donors (Lipinski definition) is 0. The van der Waals surface area contributed by atoms with Gasteiger partial charge in [0.2, 0.25) is 0 Å². The summed E-state index contributed by atoms with van der Waals surface area (Å²) in [7, 11) is -0.447. The van der Waals surface area contributed by atoms with Crippen LogP contribution in [0.15, 0.2) is 24.3 Å². The number of rotatable bonds is 4. The fraction of sp³-hybridized carbons (Fsp3) is 0.619. The van der Waals surface area contributed by atoms with Crippen molar-refractivity contribution in [1.29, 1.82) is 0 Å². The molecule has 2 heterocycles. The molecule has 0 aliphatic carbocycles. The van der Waals surface area contributed by atoms with Crippen LogP contribution in [0, 0.1) is 5.92 Å². The van der Waals surface area contributed by atoms with E-state index in [1.165, 1.54) is 0 Å². The van der Waals surface area contributed by atoms with Gasteiger partial charge in [-0.2, -0.15) is 0 Å². The lowest BCUT2D eigenvalue weighted by Gasteiger charge is -2.32. The molecule has 0 N–H and O–H groups in total. The fourth-order valence-electron chi connectivity index (χ4n) is 3.56. The number of esters is 1. The molecule has 1 amide bonds. The van der Waals surface area contributed by atoms with Crippen molar-refractivity contribution in [3.8, 4) is 0 Å². The smallest absolute Gasteiger partial charge is 0.466 e. The zero-order valence-corrected chi connectivity index (χ0v) is 17.5. The summed E-state index contributed by atoms with van der Waals surface area (Å²) in [5.41, 5.74) is 0.687. The molecule has 1 atom stereocenters. The maximum atomic E-state index is 12.9. The van der Waals surface area contributed by atoms with Crippen LogP contribution < -0.4 is 5.46 Å². The minimum absolute atomic E-state index is 0.0607. The van der Waals surface area contributed by atoms with Crippen LogP contribution in [0.4, 0.5) is 0 Å². The molecule has 1 aromatic carbocycles. The molecule has 2 aliphatic rings. The van der Waals surface area contributed by atoms with E-state index >= 15 is 0 Å². The lowest BCUT2D eigenvalue weighted by Crippen LogP contribution is -2.43. The highest BCUT2D eigenvalue weighted by Gasteiger charge is 2.51. The molecule has 2 fully saturated rings. The SMILES string of the molecule is CCOC(=O)[C@@H]1CCCN(C(=O)c2ccc(B3OC(C)(C)C(C)(C)O3)cc2)C1. The normalized spacial score (nSPS) is 23.5. The fourth-order valence-corrected chi connectivity index (χ4v) is 3.56. The third-order valence-electron chi connectivity index (χ3n) is 6.01. The Bertz CT molecular complexity index is 715. The van der Waals surface area contributed by atoms with E-state index in [0.717, 1.165) is 18.3 Å². The van der Waals surface area contributed by atoms with Gasteiger partial charge in [0.15, 0.2) is 0 Å². The molecule has 7 heteroatoms. The van der Waals surface area contributed by atoms with Crippen LogP contribution in [0.5, 0.6) is 0 Å². The predicted octanol–water partition coefficient (Wildman–Crippen LogP) is 2.40. The molecule has 3 rings (SSSR count). The van der Waals surface area contributed by atoms with E-state index in [1.807, 2.05) is 39.8 Å². The number of piperidine rings is 1. The second-order valence-corrected chi connectivity index (χ2v) is 8.55. The van der Waals surface area contributed by atoms with Crippen molar-refractivity contribution in [3.05, 3.63) is 29.8 Å².